The summed E-state index contributed by atoms with van der Waals surface area (Å²) >= 11 is 12.4. The molecule has 0 aromatic heterocycles. The van der Waals surface area contributed by atoms with Gasteiger partial charge in [-0.05, 0) is 23.3 Å². The second-order valence-corrected chi connectivity index (χ2v) is 7.29. The molecule has 7 heteroatoms. The van der Waals surface area contributed by atoms with Gasteiger partial charge >= 0.3 is 0 Å². The Morgan fingerprint density at radius 2 is 1.80 bits per heavy atom. The Kier molecular flexibility index (Phi) is 5.22. The average molecular weight is 389 g/mol. The van der Waals surface area contributed by atoms with E-state index in [1.807, 2.05) is 0 Å². The molecule has 2 aromatic rings. The molecule has 3 rings (SSSR count). The molecule has 25 heavy (non-hydrogen) atoms. The van der Waals surface area contributed by atoms with Gasteiger partial charge in [-0.3, -0.25) is 9.69 Å². The number of rotatable bonds is 4. The fourth-order valence-electron chi connectivity index (χ4n) is 2.46. The van der Waals surface area contributed by atoms with Crippen molar-refractivity contribution in [3.63, 3.8) is 0 Å². The first-order chi connectivity index (χ1) is 12.0. The Hall–Kier alpha value is -2.15. The van der Waals surface area contributed by atoms with Gasteiger partial charge in [0.1, 0.15) is 10.4 Å². The highest BCUT2D eigenvalue weighted by Crippen LogP contribution is 2.38. The van der Waals surface area contributed by atoms with Gasteiger partial charge in [-0.25, -0.2) is 0 Å². The quantitative estimate of drug-likeness (QED) is 0.595. The Morgan fingerprint density at radius 1 is 1.16 bits per heavy atom. The smallest absolute Gasteiger partial charge is 0.267 e. The summed E-state index contributed by atoms with van der Waals surface area (Å²) in [4.78, 5) is 25.8. The van der Waals surface area contributed by atoms with Crippen molar-refractivity contribution < 1.29 is 14.7 Å². The Labute approximate surface area is 159 Å². The number of carbonyl (C=O) groups is 2. The molecule has 0 radical (unpaired) electrons. The third-order valence-corrected chi connectivity index (χ3v) is 5.29. The van der Waals surface area contributed by atoms with E-state index in [-0.39, 0.29) is 4.32 Å². The van der Waals surface area contributed by atoms with Gasteiger partial charge in [0.25, 0.3) is 5.91 Å². The van der Waals surface area contributed by atoms with E-state index >= 15 is 0 Å². The lowest BCUT2D eigenvalue weighted by Crippen LogP contribution is -2.43. The number of carboxylic acid groups (broad SMARTS) is 1. The number of benzene rings is 2. The Morgan fingerprint density at radius 3 is 2.44 bits per heavy atom. The topological polar surface area (TPSA) is 60.4 Å². The molecule has 1 fully saturated rings. The first-order valence-corrected chi connectivity index (χ1v) is 8.86. The van der Waals surface area contributed by atoms with Crippen LogP contribution in [-0.2, 0) is 9.59 Å². The summed E-state index contributed by atoms with van der Waals surface area (Å²) in [5.74, 6) is -1.87. The summed E-state index contributed by atoms with van der Waals surface area (Å²) in [6, 6.07) is 14.2. The molecule has 1 aliphatic rings. The van der Waals surface area contributed by atoms with Crippen LogP contribution in [0.1, 0.15) is 17.2 Å². The highest BCUT2D eigenvalue weighted by atomic mass is 35.5. The predicted octanol–water partition coefficient (Wildman–Crippen LogP) is 3.03. The number of amides is 1. The lowest BCUT2D eigenvalue weighted by molar-refractivity contribution is -0.310. The summed E-state index contributed by atoms with van der Waals surface area (Å²) in [6.45, 7) is 0. The van der Waals surface area contributed by atoms with E-state index in [4.69, 9.17) is 23.8 Å². The van der Waals surface area contributed by atoms with Crippen LogP contribution in [0.2, 0.25) is 5.02 Å². The number of nitrogens with zero attached hydrogens (tertiary/aromatic N) is 1. The minimum Gasteiger partial charge on any atom is -0.547 e. The summed E-state index contributed by atoms with van der Waals surface area (Å²) in [5.41, 5.74) is 1.09. The SMILES string of the molecule is O=C([O-])[C@@H](c1ccccc1)N1C(=O)/C(=C/c2ccccc2Cl)SC1=S. The van der Waals surface area contributed by atoms with Crippen LogP contribution < -0.4 is 5.11 Å². The van der Waals surface area contributed by atoms with E-state index < -0.39 is 17.9 Å². The number of carbonyl (C=O) groups excluding carboxylic acids is 2. The zero-order valence-electron chi connectivity index (χ0n) is 12.7. The zero-order chi connectivity index (χ0) is 18.0. The fourth-order valence-corrected chi connectivity index (χ4v) is 3.96. The van der Waals surface area contributed by atoms with Gasteiger partial charge < -0.3 is 9.90 Å². The summed E-state index contributed by atoms with van der Waals surface area (Å²) in [6.07, 6.45) is 1.61. The van der Waals surface area contributed by atoms with Gasteiger partial charge in [0.15, 0.2) is 0 Å². The van der Waals surface area contributed by atoms with Crippen molar-refractivity contribution in [1.29, 1.82) is 0 Å². The maximum atomic E-state index is 12.8. The van der Waals surface area contributed by atoms with Crippen molar-refractivity contribution in [2.75, 3.05) is 0 Å². The molecule has 0 saturated carbocycles. The van der Waals surface area contributed by atoms with Gasteiger partial charge in [0.2, 0.25) is 0 Å². The fraction of sp³-hybridized carbons (Fsp3) is 0.0556. The van der Waals surface area contributed by atoms with E-state index in [0.29, 0.717) is 21.1 Å². The minimum atomic E-state index is -1.39. The standard InChI is InChI=1S/C18H12ClNO3S2/c19-13-9-5-4-8-12(13)10-14-16(21)20(18(24)25-14)15(17(22)23)11-6-2-1-3-7-11/h1-10,15H,(H,22,23)/p-1/b14-10-/t15-/m1/s1. The van der Waals surface area contributed by atoms with Gasteiger partial charge in [-0.2, -0.15) is 0 Å². The number of aliphatic carboxylic acids is 1. The van der Waals surface area contributed by atoms with Crippen LogP contribution in [0.4, 0.5) is 0 Å². The van der Waals surface area contributed by atoms with Crippen LogP contribution in [-0.4, -0.2) is 21.1 Å². The van der Waals surface area contributed by atoms with Crippen molar-refractivity contribution in [3.05, 3.63) is 75.7 Å². The molecule has 1 saturated heterocycles. The minimum absolute atomic E-state index is 0.168. The average Bonchev–Trinajstić information content (AvgIpc) is 2.86. The molecule has 0 unspecified atom stereocenters. The molecule has 1 atom stereocenters. The molecular weight excluding hydrogens is 378 g/mol. The van der Waals surface area contributed by atoms with Crippen LogP contribution in [0.15, 0.2) is 59.5 Å². The maximum absolute atomic E-state index is 12.8. The number of hydrogen-bond donors (Lipinski definition) is 0. The highest BCUT2D eigenvalue weighted by Gasteiger charge is 2.38. The largest absolute Gasteiger partial charge is 0.547 e. The van der Waals surface area contributed by atoms with Gasteiger partial charge in [-0.15, -0.1) is 0 Å². The van der Waals surface area contributed by atoms with E-state index in [0.717, 1.165) is 16.7 Å². The molecule has 1 aliphatic heterocycles. The lowest BCUT2D eigenvalue weighted by atomic mass is 10.1. The second-order valence-electron chi connectivity index (χ2n) is 5.21. The van der Waals surface area contributed by atoms with E-state index in [1.54, 1.807) is 60.7 Å². The first-order valence-electron chi connectivity index (χ1n) is 7.26. The van der Waals surface area contributed by atoms with Crippen LogP contribution in [0.5, 0.6) is 0 Å². The zero-order valence-corrected chi connectivity index (χ0v) is 15.1. The predicted molar refractivity (Wildman–Crippen MR) is 101 cm³/mol. The number of carboxylic acids is 1. The number of thioether (sulfide) groups is 1. The Balaban J connectivity index is 1.98. The van der Waals surface area contributed by atoms with Crippen molar-refractivity contribution in [1.82, 2.24) is 4.90 Å². The molecule has 126 valence electrons. The number of thiocarbonyl (C=S) groups is 1. The third kappa shape index (κ3) is 3.61. The first kappa shape index (κ1) is 17.7. The molecule has 1 heterocycles. The molecule has 0 N–H and O–H groups in total. The third-order valence-electron chi connectivity index (χ3n) is 3.61. The van der Waals surface area contributed by atoms with E-state index in [9.17, 15) is 14.7 Å². The van der Waals surface area contributed by atoms with Crippen LogP contribution in [0.3, 0.4) is 0 Å². The maximum Gasteiger partial charge on any atom is 0.267 e. The van der Waals surface area contributed by atoms with Crippen molar-refractivity contribution >= 4 is 57.9 Å². The second kappa shape index (κ2) is 7.39. The summed E-state index contributed by atoms with van der Waals surface area (Å²) in [7, 11) is 0. The van der Waals surface area contributed by atoms with Crippen LogP contribution in [0, 0.1) is 0 Å². The summed E-state index contributed by atoms with van der Waals surface area (Å²) < 4.78 is 0.168. The van der Waals surface area contributed by atoms with E-state index in [2.05, 4.69) is 0 Å². The molecule has 1 amide bonds. The summed E-state index contributed by atoms with van der Waals surface area (Å²) in [5, 5.41) is 12.2. The van der Waals surface area contributed by atoms with Crippen LogP contribution in [0.25, 0.3) is 6.08 Å². The monoisotopic (exact) mass is 388 g/mol. The molecule has 2 aromatic carbocycles. The molecule has 0 spiro atoms. The highest BCUT2D eigenvalue weighted by molar-refractivity contribution is 8.26. The molecule has 0 bridgehead atoms. The Bertz CT molecular complexity index is 883. The van der Waals surface area contributed by atoms with Crippen molar-refractivity contribution in [2.24, 2.45) is 0 Å². The van der Waals surface area contributed by atoms with Gasteiger partial charge in [0.05, 0.1) is 10.9 Å². The molecule has 0 aliphatic carbocycles. The molecule has 4 nitrogen and oxygen atoms in total. The lowest BCUT2D eigenvalue weighted by Gasteiger charge is -2.27. The van der Waals surface area contributed by atoms with Gasteiger partial charge in [0, 0.05) is 5.02 Å². The number of halogens is 1. The van der Waals surface area contributed by atoms with E-state index in [1.165, 1.54) is 0 Å². The normalized spacial score (nSPS) is 17.2. The van der Waals surface area contributed by atoms with Crippen molar-refractivity contribution in [3.8, 4) is 0 Å². The number of hydrogen-bond acceptors (Lipinski definition) is 5. The van der Waals surface area contributed by atoms with Crippen molar-refractivity contribution in [2.45, 2.75) is 6.04 Å². The molecular formula is C18H11ClNO3S2-. The van der Waals surface area contributed by atoms with Gasteiger partial charge in [-0.1, -0.05) is 84.1 Å². The van der Waals surface area contributed by atoms with Crippen LogP contribution >= 0.6 is 35.6 Å².